The van der Waals surface area contributed by atoms with E-state index in [1.165, 1.54) is 0 Å². The molecule has 0 atom stereocenters. The predicted molar refractivity (Wildman–Crippen MR) is 106 cm³/mol. The Kier molecular flexibility index (Phi) is 5.21. The van der Waals surface area contributed by atoms with E-state index in [0.717, 1.165) is 28.1 Å². The lowest BCUT2D eigenvalue weighted by atomic mass is 10.1. The van der Waals surface area contributed by atoms with Gasteiger partial charge in [0.1, 0.15) is 0 Å². The number of carbonyl (C=O) groups is 1. The summed E-state index contributed by atoms with van der Waals surface area (Å²) in [5, 5.41) is 4.23. The summed E-state index contributed by atoms with van der Waals surface area (Å²) >= 11 is 0. The van der Waals surface area contributed by atoms with E-state index in [1.54, 1.807) is 6.20 Å². The Labute approximate surface area is 155 Å². The van der Waals surface area contributed by atoms with Crippen molar-refractivity contribution in [2.24, 2.45) is 0 Å². The third kappa shape index (κ3) is 3.85. The number of aryl methyl sites for hydroxylation is 2. The quantitative estimate of drug-likeness (QED) is 0.683. The molecule has 0 unspecified atom stereocenters. The van der Waals surface area contributed by atoms with Gasteiger partial charge in [-0.1, -0.05) is 24.3 Å². The fourth-order valence-electron chi connectivity index (χ4n) is 3.13. The number of hydrogen-bond acceptors (Lipinski definition) is 2. The Morgan fingerprint density at radius 2 is 1.85 bits per heavy atom. The average Bonchev–Trinajstić information content (AvgIpc) is 3.13. The van der Waals surface area contributed by atoms with E-state index in [4.69, 9.17) is 0 Å². The van der Waals surface area contributed by atoms with E-state index in [2.05, 4.69) is 51.0 Å². The Morgan fingerprint density at radius 1 is 1.12 bits per heavy atom. The maximum Gasteiger partial charge on any atom is 0.231 e. The second-order valence-electron chi connectivity index (χ2n) is 6.94. The first-order valence-corrected chi connectivity index (χ1v) is 8.94. The molecular weight excluding hydrogens is 322 g/mol. The highest BCUT2D eigenvalue weighted by atomic mass is 16.2. The molecule has 3 rings (SSSR count). The fourth-order valence-corrected chi connectivity index (χ4v) is 3.13. The predicted octanol–water partition coefficient (Wildman–Crippen LogP) is 4.47. The van der Waals surface area contributed by atoms with Crippen molar-refractivity contribution in [3.8, 4) is 5.69 Å². The molecule has 26 heavy (non-hydrogen) atoms. The van der Waals surface area contributed by atoms with Crippen LogP contribution in [0.25, 0.3) is 5.69 Å². The number of carbonyl (C=O) groups excluding carboxylic acids is 1. The van der Waals surface area contributed by atoms with Gasteiger partial charge in [0.15, 0.2) is 0 Å². The van der Waals surface area contributed by atoms with Gasteiger partial charge >= 0.3 is 0 Å². The minimum atomic E-state index is 0.103. The van der Waals surface area contributed by atoms with Crippen LogP contribution in [0, 0.1) is 13.8 Å². The van der Waals surface area contributed by atoms with Crippen molar-refractivity contribution in [1.82, 2.24) is 9.78 Å². The summed E-state index contributed by atoms with van der Waals surface area (Å²) in [6.45, 7) is 8.22. The third-order valence-electron chi connectivity index (χ3n) is 4.47. The number of rotatable bonds is 5. The summed E-state index contributed by atoms with van der Waals surface area (Å²) in [5.74, 6) is 0.112. The van der Waals surface area contributed by atoms with E-state index in [9.17, 15) is 4.79 Å². The topological polar surface area (TPSA) is 38.1 Å². The molecule has 0 spiro atoms. The zero-order chi connectivity index (χ0) is 18.7. The molecular formula is C22H25N3O. The van der Waals surface area contributed by atoms with E-state index < -0.39 is 0 Å². The van der Waals surface area contributed by atoms with Crippen LogP contribution in [0.1, 0.15) is 30.5 Å². The van der Waals surface area contributed by atoms with Gasteiger partial charge in [0, 0.05) is 24.1 Å². The minimum Gasteiger partial charge on any atom is -0.309 e. The normalized spacial score (nSPS) is 11.0. The van der Waals surface area contributed by atoms with Gasteiger partial charge in [-0.2, -0.15) is 5.10 Å². The van der Waals surface area contributed by atoms with E-state index in [1.807, 2.05) is 46.1 Å². The highest BCUT2D eigenvalue weighted by molar-refractivity contribution is 5.96. The lowest BCUT2D eigenvalue weighted by Crippen LogP contribution is -2.38. The summed E-state index contributed by atoms with van der Waals surface area (Å²) < 4.78 is 1.81. The van der Waals surface area contributed by atoms with Gasteiger partial charge in [0.25, 0.3) is 0 Å². The van der Waals surface area contributed by atoms with E-state index in [0.29, 0.717) is 6.42 Å². The van der Waals surface area contributed by atoms with Crippen molar-refractivity contribution in [3.63, 3.8) is 0 Å². The molecule has 134 valence electrons. The zero-order valence-corrected chi connectivity index (χ0v) is 15.8. The maximum atomic E-state index is 13.0. The number of nitrogens with zero attached hydrogens (tertiary/aromatic N) is 3. The van der Waals surface area contributed by atoms with Crippen LogP contribution in [0.5, 0.6) is 0 Å². The summed E-state index contributed by atoms with van der Waals surface area (Å²) in [6, 6.07) is 16.2. The summed E-state index contributed by atoms with van der Waals surface area (Å²) in [6.07, 6.45) is 4.04. The smallest absolute Gasteiger partial charge is 0.231 e. The molecule has 1 aromatic heterocycles. The molecule has 1 heterocycles. The van der Waals surface area contributed by atoms with Crippen LogP contribution in [0.4, 0.5) is 5.69 Å². The van der Waals surface area contributed by atoms with Crippen molar-refractivity contribution < 1.29 is 4.79 Å². The van der Waals surface area contributed by atoms with Crippen LogP contribution in [-0.4, -0.2) is 21.7 Å². The van der Waals surface area contributed by atoms with Crippen LogP contribution in [0.2, 0.25) is 0 Å². The average molecular weight is 347 g/mol. The van der Waals surface area contributed by atoms with Crippen LogP contribution >= 0.6 is 0 Å². The SMILES string of the molecule is Cc1ccc(C)c(N(C(=O)Cc2ccc(-n3cccn3)cc2)C(C)C)c1. The van der Waals surface area contributed by atoms with Gasteiger partial charge in [-0.25, -0.2) is 4.68 Å². The lowest BCUT2D eigenvalue weighted by Gasteiger charge is -2.29. The molecule has 0 aliphatic rings. The van der Waals surface area contributed by atoms with Crippen LogP contribution < -0.4 is 4.90 Å². The van der Waals surface area contributed by atoms with E-state index in [-0.39, 0.29) is 11.9 Å². The second-order valence-corrected chi connectivity index (χ2v) is 6.94. The summed E-state index contributed by atoms with van der Waals surface area (Å²) in [5.41, 5.74) is 5.26. The highest BCUT2D eigenvalue weighted by Crippen LogP contribution is 2.25. The Balaban J connectivity index is 1.81. The number of amides is 1. The molecule has 0 N–H and O–H groups in total. The number of hydrogen-bond donors (Lipinski definition) is 0. The maximum absolute atomic E-state index is 13.0. The third-order valence-corrected chi connectivity index (χ3v) is 4.47. The Morgan fingerprint density at radius 3 is 2.46 bits per heavy atom. The van der Waals surface area contributed by atoms with Gasteiger partial charge in [0.05, 0.1) is 12.1 Å². The molecule has 0 fully saturated rings. The second kappa shape index (κ2) is 7.56. The molecule has 0 aliphatic heterocycles. The molecule has 4 heteroatoms. The molecule has 0 saturated carbocycles. The zero-order valence-electron chi connectivity index (χ0n) is 15.8. The molecule has 1 amide bonds. The summed E-state index contributed by atoms with van der Waals surface area (Å²) in [4.78, 5) is 14.9. The number of aromatic nitrogens is 2. The summed E-state index contributed by atoms with van der Waals surface area (Å²) in [7, 11) is 0. The van der Waals surface area contributed by atoms with Crippen molar-refractivity contribution in [2.75, 3.05) is 4.90 Å². The number of benzene rings is 2. The molecule has 3 aromatic rings. The van der Waals surface area contributed by atoms with Crippen molar-refractivity contribution >= 4 is 11.6 Å². The molecule has 0 aliphatic carbocycles. The fraction of sp³-hybridized carbons (Fsp3) is 0.273. The Hall–Kier alpha value is -2.88. The number of anilines is 1. The van der Waals surface area contributed by atoms with E-state index >= 15 is 0 Å². The minimum absolute atomic E-state index is 0.103. The van der Waals surface area contributed by atoms with Crippen molar-refractivity contribution in [1.29, 1.82) is 0 Å². The Bertz CT molecular complexity index is 880. The highest BCUT2D eigenvalue weighted by Gasteiger charge is 2.21. The van der Waals surface area contributed by atoms with Gasteiger partial charge in [0.2, 0.25) is 5.91 Å². The standard InChI is InChI=1S/C22H25N3O/c1-16(2)25(21-14-17(3)6-7-18(21)4)22(26)15-19-8-10-20(11-9-19)24-13-5-12-23-24/h5-14,16H,15H2,1-4H3. The van der Waals surface area contributed by atoms with Crippen LogP contribution in [0.15, 0.2) is 60.9 Å². The van der Waals surface area contributed by atoms with Crippen molar-refractivity contribution in [3.05, 3.63) is 77.6 Å². The monoisotopic (exact) mass is 347 g/mol. The molecule has 0 bridgehead atoms. The molecule has 0 saturated heterocycles. The molecule has 4 nitrogen and oxygen atoms in total. The first kappa shape index (κ1) is 17.9. The first-order chi connectivity index (χ1) is 12.5. The van der Waals surface area contributed by atoms with Crippen molar-refractivity contribution in [2.45, 2.75) is 40.2 Å². The van der Waals surface area contributed by atoms with Gasteiger partial charge in [-0.3, -0.25) is 4.79 Å². The lowest BCUT2D eigenvalue weighted by molar-refractivity contribution is -0.118. The molecule has 2 aromatic carbocycles. The van der Waals surface area contributed by atoms with Gasteiger partial charge in [-0.05, 0) is 68.7 Å². The van der Waals surface area contributed by atoms with Gasteiger partial charge < -0.3 is 4.90 Å². The van der Waals surface area contributed by atoms with Gasteiger partial charge in [-0.15, -0.1) is 0 Å². The largest absolute Gasteiger partial charge is 0.309 e. The molecule has 0 radical (unpaired) electrons. The van der Waals surface area contributed by atoms with Crippen LogP contribution in [-0.2, 0) is 11.2 Å². The first-order valence-electron chi connectivity index (χ1n) is 8.94. The van der Waals surface area contributed by atoms with Crippen LogP contribution in [0.3, 0.4) is 0 Å².